The monoisotopic (exact) mass is 258 g/mol. The van der Waals surface area contributed by atoms with Gasteiger partial charge in [0.05, 0.1) is 5.56 Å². The average Bonchev–Trinajstić information content (AvgIpc) is 2.25. The summed E-state index contributed by atoms with van der Waals surface area (Å²) in [5, 5.41) is 1.44. The molecular weight excluding hydrogens is 245 g/mol. The van der Waals surface area contributed by atoms with Crippen LogP contribution in [0.3, 0.4) is 0 Å². The molecule has 0 fully saturated rings. The molecule has 1 aromatic rings. The van der Waals surface area contributed by atoms with Crippen molar-refractivity contribution in [3.05, 3.63) is 41.5 Å². The van der Waals surface area contributed by atoms with Gasteiger partial charge in [-0.15, -0.1) is 0 Å². The van der Waals surface area contributed by atoms with Gasteiger partial charge in [0.1, 0.15) is 0 Å². The lowest BCUT2D eigenvalue weighted by molar-refractivity contribution is -0.137. The molecular formula is C12H13F3N2O. The minimum atomic E-state index is -4.38. The normalized spacial score (nSPS) is 12.1. The Morgan fingerprint density at radius 3 is 2.56 bits per heavy atom. The molecule has 1 amide bonds. The van der Waals surface area contributed by atoms with Gasteiger partial charge in [-0.1, -0.05) is 12.1 Å². The van der Waals surface area contributed by atoms with Crippen LogP contribution in [0, 0.1) is 0 Å². The van der Waals surface area contributed by atoms with Crippen molar-refractivity contribution < 1.29 is 18.0 Å². The second kappa shape index (κ2) is 5.68. The number of carbonyl (C=O) groups is 1. The molecule has 98 valence electrons. The number of nitrogens with one attached hydrogen (secondary N) is 1. The minimum absolute atomic E-state index is 0.318. The topological polar surface area (TPSA) is 32.3 Å². The molecule has 0 heterocycles. The molecule has 1 aromatic carbocycles. The Hall–Kier alpha value is -1.82. The average molecular weight is 258 g/mol. The summed E-state index contributed by atoms with van der Waals surface area (Å²) in [6.07, 6.45) is -1.88. The van der Waals surface area contributed by atoms with Crippen LogP contribution in [-0.4, -0.2) is 25.0 Å². The first-order valence-corrected chi connectivity index (χ1v) is 5.12. The zero-order valence-electron chi connectivity index (χ0n) is 9.95. The predicted octanol–water partition coefficient (Wildman–Crippen LogP) is 2.31. The third kappa shape index (κ3) is 4.58. The third-order valence-corrected chi connectivity index (χ3v) is 1.97. The van der Waals surface area contributed by atoms with Gasteiger partial charge in [-0.25, -0.2) is 5.01 Å². The van der Waals surface area contributed by atoms with E-state index in [-0.39, 0.29) is 0 Å². The summed E-state index contributed by atoms with van der Waals surface area (Å²) in [6.45, 7) is 0. The van der Waals surface area contributed by atoms with Crippen LogP contribution >= 0.6 is 0 Å². The van der Waals surface area contributed by atoms with E-state index in [1.165, 1.54) is 29.3 Å². The van der Waals surface area contributed by atoms with Crippen LogP contribution in [0.4, 0.5) is 13.2 Å². The summed E-state index contributed by atoms with van der Waals surface area (Å²) in [6, 6.07) is 4.76. The van der Waals surface area contributed by atoms with Crippen LogP contribution in [0.5, 0.6) is 0 Å². The summed E-state index contributed by atoms with van der Waals surface area (Å²) >= 11 is 0. The van der Waals surface area contributed by atoms with Gasteiger partial charge in [-0.3, -0.25) is 10.2 Å². The van der Waals surface area contributed by atoms with E-state index in [1.54, 1.807) is 14.1 Å². The van der Waals surface area contributed by atoms with Gasteiger partial charge < -0.3 is 0 Å². The van der Waals surface area contributed by atoms with Crippen LogP contribution in [0.1, 0.15) is 11.1 Å². The first-order valence-electron chi connectivity index (χ1n) is 5.12. The maximum absolute atomic E-state index is 12.4. The minimum Gasteiger partial charge on any atom is -0.286 e. The molecule has 1 rings (SSSR count). The van der Waals surface area contributed by atoms with Crippen molar-refractivity contribution in [3.63, 3.8) is 0 Å². The molecule has 0 aliphatic heterocycles. The van der Waals surface area contributed by atoms with E-state index < -0.39 is 17.6 Å². The Morgan fingerprint density at radius 1 is 1.33 bits per heavy atom. The van der Waals surface area contributed by atoms with Crippen molar-refractivity contribution in [2.24, 2.45) is 0 Å². The third-order valence-electron chi connectivity index (χ3n) is 1.97. The Labute approximate surface area is 103 Å². The highest BCUT2D eigenvalue weighted by Gasteiger charge is 2.30. The number of nitrogens with zero attached hydrogens (tertiary/aromatic N) is 1. The molecule has 18 heavy (non-hydrogen) atoms. The number of hydrogen-bond donors (Lipinski definition) is 1. The number of halogens is 3. The van der Waals surface area contributed by atoms with Gasteiger partial charge >= 0.3 is 6.18 Å². The van der Waals surface area contributed by atoms with Crippen LogP contribution in [-0.2, 0) is 11.0 Å². The van der Waals surface area contributed by atoms with Crippen molar-refractivity contribution >= 4 is 12.0 Å². The molecule has 0 aliphatic carbocycles. The fourth-order valence-corrected chi connectivity index (χ4v) is 1.25. The molecule has 0 radical (unpaired) electrons. The summed E-state index contributed by atoms with van der Waals surface area (Å²) in [4.78, 5) is 11.2. The Kier molecular flexibility index (Phi) is 4.49. The van der Waals surface area contributed by atoms with E-state index in [1.807, 2.05) is 0 Å². The van der Waals surface area contributed by atoms with E-state index in [4.69, 9.17) is 0 Å². The van der Waals surface area contributed by atoms with E-state index in [9.17, 15) is 18.0 Å². The Balaban J connectivity index is 2.80. The van der Waals surface area contributed by atoms with E-state index in [0.29, 0.717) is 5.56 Å². The maximum Gasteiger partial charge on any atom is 0.416 e. The first kappa shape index (κ1) is 14.2. The van der Waals surface area contributed by atoms with Crippen LogP contribution in [0.25, 0.3) is 6.08 Å². The van der Waals surface area contributed by atoms with E-state index in [2.05, 4.69) is 5.43 Å². The summed E-state index contributed by atoms with van der Waals surface area (Å²) in [5.41, 5.74) is 2.02. The summed E-state index contributed by atoms with van der Waals surface area (Å²) in [5.74, 6) is -0.405. The Morgan fingerprint density at radius 2 is 2.00 bits per heavy atom. The number of benzene rings is 1. The molecule has 6 heteroatoms. The molecule has 0 saturated carbocycles. The highest BCUT2D eigenvalue weighted by Crippen LogP contribution is 2.29. The van der Waals surface area contributed by atoms with Crippen molar-refractivity contribution in [1.29, 1.82) is 0 Å². The summed E-state index contributed by atoms with van der Waals surface area (Å²) in [7, 11) is 3.27. The number of hydrogen-bond acceptors (Lipinski definition) is 2. The molecule has 0 bridgehead atoms. The smallest absolute Gasteiger partial charge is 0.286 e. The standard InChI is InChI=1S/C12H13F3N2O/c1-17(2)16-11(18)7-6-9-4-3-5-10(8-9)12(13,14)15/h3-8H,1-2H3,(H,16,18)/b7-6+. The number of hydrazine groups is 1. The van der Waals surface area contributed by atoms with Crippen molar-refractivity contribution in [3.8, 4) is 0 Å². The molecule has 0 spiro atoms. The number of alkyl halides is 3. The largest absolute Gasteiger partial charge is 0.416 e. The van der Waals surface area contributed by atoms with Crippen LogP contribution in [0.2, 0.25) is 0 Å². The highest BCUT2D eigenvalue weighted by atomic mass is 19.4. The summed E-state index contributed by atoms with van der Waals surface area (Å²) < 4.78 is 37.3. The molecule has 1 N–H and O–H groups in total. The molecule has 0 saturated heterocycles. The predicted molar refractivity (Wildman–Crippen MR) is 62.3 cm³/mol. The lowest BCUT2D eigenvalue weighted by atomic mass is 10.1. The maximum atomic E-state index is 12.4. The van der Waals surface area contributed by atoms with Gasteiger partial charge in [0, 0.05) is 20.2 Å². The fourth-order valence-electron chi connectivity index (χ4n) is 1.25. The SMILES string of the molecule is CN(C)NC(=O)/C=C/c1cccc(C(F)(F)F)c1. The number of carbonyl (C=O) groups excluding carboxylic acids is 1. The second-order valence-corrected chi connectivity index (χ2v) is 3.83. The van der Waals surface area contributed by atoms with Crippen LogP contribution in [0.15, 0.2) is 30.3 Å². The molecule has 0 atom stereocenters. The number of rotatable bonds is 3. The van der Waals surface area contributed by atoms with Gasteiger partial charge in [-0.05, 0) is 23.8 Å². The van der Waals surface area contributed by atoms with Gasteiger partial charge in [-0.2, -0.15) is 13.2 Å². The fraction of sp³-hybridized carbons (Fsp3) is 0.250. The van der Waals surface area contributed by atoms with Crippen molar-refractivity contribution in [1.82, 2.24) is 10.4 Å². The molecule has 0 aromatic heterocycles. The van der Waals surface area contributed by atoms with E-state index >= 15 is 0 Å². The van der Waals surface area contributed by atoms with Crippen molar-refractivity contribution in [2.45, 2.75) is 6.18 Å². The first-order chi connectivity index (χ1) is 8.29. The Bertz CT molecular complexity index is 453. The lowest BCUT2D eigenvalue weighted by Crippen LogP contribution is -2.34. The van der Waals surface area contributed by atoms with Gasteiger partial charge in [0.15, 0.2) is 0 Å². The van der Waals surface area contributed by atoms with Gasteiger partial charge in [0.2, 0.25) is 0 Å². The molecule has 3 nitrogen and oxygen atoms in total. The lowest BCUT2D eigenvalue weighted by Gasteiger charge is -2.09. The second-order valence-electron chi connectivity index (χ2n) is 3.83. The van der Waals surface area contributed by atoms with Crippen molar-refractivity contribution in [2.75, 3.05) is 14.1 Å². The zero-order valence-corrected chi connectivity index (χ0v) is 9.95. The highest BCUT2D eigenvalue weighted by molar-refractivity contribution is 5.91. The molecule has 0 unspecified atom stereocenters. The van der Waals surface area contributed by atoms with Crippen LogP contribution < -0.4 is 5.43 Å². The zero-order chi connectivity index (χ0) is 13.8. The quantitative estimate of drug-likeness (QED) is 0.666. The van der Waals surface area contributed by atoms with Gasteiger partial charge in [0.25, 0.3) is 5.91 Å². The molecule has 0 aliphatic rings. The van der Waals surface area contributed by atoms with E-state index in [0.717, 1.165) is 12.1 Å². The number of amides is 1.